The molecular weight excluding hydrogens is 485 g/mol. The molecule has 0 spiro atoms. The van der Waals surface area contributed by atoms with Crippen LogP contribution in [0.3, 0.4) is 0 Å². The van der Waals surface area contributed by atoms with Gasteiger partial charge < -0.3 is 20.5 Å². The van der Waals surface area contributed by atoms with Crippen LogP contribution in [0.2, 0.25) is 0 Å². The molecule has 0 atom stereocenters. The predicted octanol–water partition coefficient (Wildman–Crippen LogP) is 6.98. The second-order valence-corrected chi connectivity index (χ2v) is 7.99. The minimum absolute atomic E-state index is 0.0738. The summed E-state index contributed by atoms with van der Waals surface area (Å²) in [6.45, 7) is 0.281. The van der Waals surface area contributed by atoms with Gasteiger partial charge in [0.15, 0.2) is 0 Å². The molecule has 37 heavy (non-hydrogen) atoms. The molecule has 0 aromatic heterocycles. The normalized spacial score (nSPS) is 11.0. The van der Waals surface area contributed by atoms with Gasteiger partial charge in [0.25, 0.3) is 5.91 Å². The summed E-state index contributed by atoms with van der Waals surface area (Å²) >= 11 is 0. The first-order chi connectivity index (χ1) is 17.7. The first-order valence-electron chi connectivity index (χ1n) is 11.1. The number of carboxylic acid groups (broad SMARTS) is 1. The Morgan fingerprint density at radius 2 is 1.43 bits per heavy atom. The van der Waals surface area contributed by atoms with Crippen molar-refractivity contribution in [3.8, 4) is 5.75 Å². The van der Waals surface area contributed by atoms with Crippen LogP contribution in [0, 0.1) is 0 Å². The van der Waals surface area contributed by atoms with Crippen LogP contribution in [-0.4, -0.2) is 17.0 Å². The number of ether oxygens (including phenoxy) is 1. The maximum atomic E-state index is 13.2. The second kappa shape index (κ2) is 10.9. The highest BCUT2D eigenvalue weighted by molar-refractivity contribution is 6.11. The number of carbonyl (C=O) groups excluding carboxylic acids is 1. The Morgan fingerprint density at radius 3 is 2.08 bits per heavy atom. The summed E-state index contributed by atoms with van der Waals surface area (Å²) in [5, 5.41) is 14.9. The molecule has 3 N–H and O–H groups in total. The van der Waals surface area contributed by atoms with Crippen molar-refractivity contribution in [2.75, 3.05) is 10.6 Å². The third kappa shape index (κ3) is 6.46. The van der Waals surface area contributed by atoms with Crippen LogP contribution in [0.25, 0.3) is 0 Å². The van der Waals surface area contributed by atoms with Crippen molar-refractivity contribution in [2.24, 2.45) is 0 Å². The van der Waals surface area contributed by atoms with Gasteiger partial charge in [-0.2, -0.15) is 13.2 Å². The fraction of sp³-hybridized carbons (Fsp3) is 0.0714. The Kier molecular flexibility index (Phi) is 7.43. The summed E-state index contributed by atoms with van der Waals surface area (Å²) in [7, 11) is 0. The number of rotatable bonds is 8. The molecule has 0 aliphatic carbocycles. The summed E-state index contributed by atoms with van der Waals surface area (Å²) in [4.78, 5) is 24.8. The van der Waals surface area contributed by atoms with Crippen molar-refractivity contribution in [3.05, 3.63) is 119 Å². The van der Waals surface area contributed by atoms with Gasteiger partial charge in [-0.3, -0.25) is 4.79 Å². The fourth-order valence-corrected chi connectivity index (χ4v) is 3.53. The molecule has 0 aliphatic heterocycles. The molecule has 0 saturated heterocycles. The van der Waals surface area contributed by atoms with E-state index in [0.717, 1.165) is 11.6 Å². The Morgan fingerprint density at radius 1 is 0.784 bits per heavy atom. The third-order valence-electron chi connectivity index (χ3n) is 5.36. The zero-order valence-electron chi connectivity index (χ0n) is 19.3. The van der Waals surface area contributed by atoms with Crippen LogP contribution in [0.4, 0.5) is 30.2 Å². The van der Waals surface area contributed by atoms with Crippen LogP contribution >= 0.6 is 0 Å². The van der Waals surface area contributed by atoms with E-state index in [1.807, 2.05) is 36.4 Å². The van der Waals surface area contributed by atoms with Crippen molar-refractivity contribution in [3.63, 3.8) is 0 Å². The van der Waals surface area contributed by atoms with Crippen LogP contribution < -0.4 is 15.4 Å². The van der Waals surface area contributed by atoms with Gasteiger partial charge in [-0.05, 0) is 48.0 Å². The van der Waals surface area contributed by atoms with Gasteiger partial charge >= 0.3 is 12.1 Å². The van der Waals surface area contributed by atoms with E-state index < -0.39 is 34.9 Å². The molecule has 0 saturated carbocycles. The SMILES string of the molecule is O=C(O)c1ccc(C(F)(F)F)cc1NC(=O)c1ccc(OCc2ccccc2)cc1Nc1ccccc1. The van der Waals surface area contributed by atoms with Gasteiger partial charge in [0.2, 0.25) is 0 Å². The number of alkyl halides is 3. The maximum absolute atomic E-state index is 13.2. The summed E-state index contributed by atoms with van der Waals surface area (Å²) in [5.74, 6) is -1.82. The summed E-state index contributed by atoms with van der Waals surface area (Å²) in [5.41, 5.74) is -0.0401. The number of halogens is 3. The van der Waals surface area contributed by atoms with E-state index in [4.69, 9.17) is 4.74 Å². The standard InChI is InChI=1S/C28H21F3N2O4/c29-28(30,31)19-11-13-23(27(35)36)24(15-19)33-26(34)22-14-12-21(37-17-18-7-3-1-4-8-18)16-25(22)32-20-9-5-2-6-10-20/h1-16,32H,17H2,(H,33,34)(H,35,36). The van der Waals surface area contributed by atoms with E-state index in [-0.39, 0.29) is 12.2 Å². The highest BCUT2D eigenvalue weighted by Crippen LogP contribution is 2.33. The molecule has 9 heteroatoms. The number of amides is 1. The number of benzene rings is 4. The highest BCUT2D eigenvalue weighted by Gasteiger charge is 2.32. The lowest BCUT2D eigenvalue weighted by Gasteiger charge is -2.16. The van der Waals surface area contributed by atoms with E-state index in [1.54, 1.807) is 36.4 Å². The molecule has 4 aromatic rings. The Labute approximate surface area is 210 Å². The highest BCUT2D eigenvalue weighted by atomic mass is 19.4. The van der Waals surface area contributed by atoms with E-state index in [9.17, 15) is 27.9 Å². The Hall–Kier alpha value is -4.79. The fourth-order valence-electron chi connectivity index (χ4n) is 3.53. The lowest BCUT2D eigenvalue weighted by Crippen LogP contribution is -2.17. The van der Waals surface area contributed by atoms with Crippen molar-refractivity contribution in [2.45, 2.75) is 12.8 Å². The molecule has 0 heterocycles. The molecule has 0 radical (unpaired) electrons. The number of aromatic carboxylic acids is 1. The molecule has 1 amide bonds. The third-order valence-corrected chi connectivity index (χ3v) is 5.36. The monoisotopic (exact) mass is 506 g/mol. The van der Waals surface area contributed by atoms with E-state index >= 15 is 0 Å². The van der Waals surface area contributed by atoms with Gasteiger partial charge in [-0.1, -0.05) is 48.5 Å². The van der Waals surface area contributed by atoms with Crippen molar-refractivity contribution < 1.29 is 32.6 Å². The van der Waals surface area contributed by atoms with Crippen molar-refractivity contribution in [1.29, 1.82) is 0 Å². The smallest absolute Gasteiger partial charge is 0.416 e. The quantitative estimate of drug-likeness (QED) is 0.240. The minimum Gasteiger partial charge on any atom is -0.489 e. The van der Waals surface area contributed by atoms with E-state index in [2.05, 4.69) is 10.6 Å². The molecule has 4 aromatic carbocycles. The Balaban J connectivity index is 1.66. The van der Waals surface area contributed by atoms with Crippen molar-refractivity contribution in [1.82, 2.24) is 0 Å². The molecular formula is C28H21F3N2O4. The molecule has 0 unspecified atom stereocenters. The summed E-state index contributed by atoms with van der Waals surface area (Å²) in [6.07, 6.45) is -4.71. The van der Waals surface area contributed by atoms with Gasteiger partial charge in [0, 0.05) is 11.8 Å². The molecule has 0 fully saturated rings. The maximum Gasteiger partial charge on any atom is 0.416 e. The number of carboxylic acids is 1. The van der Waals surface area contributed by atoms with Gasteiger partial charge in [-0.15, -0.1) is 0 Å². The number of para-hydroxylation sites is 1. The topological polar surface area (TPSA) is 87.7 Å². The number of hydrogen-bond acceptors (Lipinski definition) is 4. The lowest BCUT2D eigenvalue weighted by atomic mass is 10.1. The van der Waals surface area contributed by atoms with Crippen LogP contribution in [0.5, 0.6) is 5.75 Å². The molecule has 6 nitrogen and oxygen atoms in total. The average Bonchev–Trinajstić information content (AvgIpc) is 2.88. The Bertz CT molecular complexity index is 1410. The molecule has 0 aliphatic rings. The van der Waals surface area contributed by atoms with Crippen LogP contribution in [0.1, 0.15) is 31.8 Å². The number of nitrogens with one attached hydrogen (secondary N) is 2. The van der Waals surface area contributed by atoms with E-state index in [1.165, 1.54) is 6.07 Å². The zero-order valence-corrected chi connectivity index (χ0v) is 19.3. The molecule has 0 bridgehead atoms. The number of hydrogen-bond donors (Lipinski definition) is 3. The van der Waals surface area contributed by atoms with Crippen LogP contribution in [0.15, 0.2) is 97.1 Å². The lowest BCUT2D eigenvalue weighted by molar-refractivity contribution is -0.137. The zero-order chi connectivity index (χ0) is 26.4. The van der Waals surface area contributed by atoms with Crippen LogP contribution in [-0.2, 0) is 12.8 Å². The average molecular weight is 506 g/mol. The van der Waals surface area contributed by atoms with Gasteiger partial charge in [0.1, 0.15) is 12.4 Å². The number of carbonyl (C=O) groups is 2. The first-order valence-corrected chi connectivity index (χ1v) is 11.1. The predicted molar refractivity (Wildman–Crippen MR) is 133 cm³/mol. The first kappa shape index (κ1) is 25.3. The molecule has 4 rings (SSSR count). The largest absolute Gasteiger partial charge is 0.489 e. The summed E-state index contributed by atoms with van der Waals surface area (Å²) in [6, 6.07) is 25.1. The molecule has 188 valence electrons. The summed E-state index contributed by atoms with van der Waals surface area (Å²) < 4.78 is 45.5. The number of anilines is 3. The minimum atomic E-state index is -4.71. The van der Waals surface area contributed by atoms with Gasteiger partial charge in [-0.25, -0.2) is 4.79 Å². The van der Waals surface area contributed by atoms with E-state index in [0.29, 0.717) is 29.3 Å². The second-order valence-electron chi connectivity index (χ2n) is 7.99. The van der Waals surface area contributed by atoms with Crippen molar-refractivity contribution >= 4 is 28.9 Å². The van der Waals surface area contributed by atoms with Gasteiger partial charge in [0.05, 0.1) is 28.1 Å².